The second-order valence-electron chi connectivity index (χ2n) is 7.52. The third-order valence-electron chi connectivity index (χ3n) is 3.65. The number of nitrogens with one attached hydrogen (secondary N) is 3. The molecule has 0 aromatic heterocycles. The fourth-order valence-electron chi connectivity index (χ4n) is 2.39. The van der Waals surface area contributed by atoms with Gasteiger partial charge in [-0.2, -0.15) is 0 Å². The predicted octanol–water partition coefficient (Wildman–Crippen LogP) is 2.49. The highest BCUT2D eigenvalue weighted by molar-refractivity contribution is 5.95. The van der Waals surface area contributed by atoms with E-state index in [2.05, 4.69) is 16.0 Å². The second kappa shape index (κ2) is 9.64. The van der Waals surface area contributed by atoms with Gasteiger partial charge < -0.3 is 30.9 Å². The van der Waals surface area contributed by atoms with Gasteiger partial charge in [-0.05, 0) is 50.6 Å². The van der Waals surface area contributed by atoms with Gasteiger partial charge in [-0.1, -0.05) is 12.1 Å². The van der Waals surface area contributed by atoms with Gasteiger partial charge in [0.25, 0.3) is 5.91 Å². The Kier molecular flexibility index (Phi) is 7.24. The van der Waals surface area contributed by atoms with Crippen LogP contribution in [0, 0.1) is 0 Å². The first-order valence-corrected chi connectivity index (χ1v) is 9.19. The third kappa shape index (κ3) is 7.70. The summed E-state index contributed by atoms with van der Waals surface area (Å²) in [6.45, 7) is 5.16. The smallest absolute Gasteiger partial charge is 0.408 e. The van der Waals surface area contributed by atoms with E-state index in [-0.39, 0.29) is 30.2 Å². The number of alkyl carbamates (subject to hydrolysis) is 1. The summed E-state index contributed by atoms with van der Waals surface area (Å²) < 4.78 is 5.05. The van der Waals surface area contributed by atoms with Crippen LogP contribution in [0.25, 0.3) is 0 Å². The molecule has 30 heavy (non-hydrogen) atoms. The van der Waals surface area contributed by atoms with Gasteiger partial charge in [-0.15, -0.1) is 0 Å². The van der Waals surface area contributed by atoms with Gasteiger partial charge >= 0.3 is 6.09 Å². The van der Waals surface area contributed by atoms with E-state index in [4.69, 9.17) is 4.74 Å². The molecule has 0 aliphatic heterocycles. The van der Waals surface area contributed by atoms with E-state index in [9.17, 15) is 24.6 Å². The standard InChI is InChI=1S/C21H25N3O6/c1-21(2,3)30-20(29)23-12-18(27)24-15-6-4-13(5-7-15)11-22-19(28)14-8-16(25)10-17(26)9-14/h4-10,25-26H,11-12H2,1-3H3,(H,22,28)(H,23,29)(H,24,27). The molecule has 5 N–H and O–H groups in total. The number of phenols is 2. The summed E-state index contributed by atoms with van der Waals surface area (Å²) >= 11 is 0. The molecule has 0 saturated heterocycles. The topological polar surface area (TPSA) is 137 Å². The maximum absolute atomic E-state index is 12.1. The maximum atomic E-state index is 12.1. The Morgan fingerprint density at radius 1 is 0.933 bits per heavy atom. The Morgan fingerprint density at radius 2 is 1.53 bits per heavy atom. The molecule has 160 valence electrons. The molecule has 2 rings (SSSR count). The quantitative estimate of drug-likeness (QED) is 0.492. The molecule has 0 fully saturated rings. The van der Waals surface area contributed by atoms with Crippen molar-refractivity contribution in [1.29, 1.82) is 0 Å². The zero-order valence-electron chi connectivity index (χ0n) is 17.0. The van der Waals surface area contributed by atoms with E-state index in [1.54, 1.807) is 45.0 Å². The molecule has 9 nitrogen and oxygen atoms in total. The van der Waals surface area contributed by atoms with Gasteiger partial charge in [0.05, 0.1) is 0 Å². The molecule has 0 unspecified atom stereocenters. The van der Waals surface area contributed by atoms with Crippen molar-refractivity contribution in [1.82, 2.24) is 10.6 Å². The Hall–Kier alpha value is -3.75. The van der Waals surface area contributed by atoms with Crippen LogP contribution < -0.4 is 16.0 Å². The molecular formula is C21H25N3O6. The monoisotopic (exact) mass is 415 g/mol. The lowest BCUT2D eigenvalue weighted by Crippen LogP contribution is -2.37. The van der Waals surface area contributed by atoms with Crippen molar-refractivity contribution in [3.63, 3.8) is 0 Å². The number of amides is 3. The molecule has 0 heterocycles. The summed E-state index contributed by atoms with van der Waals surface area (Å²) in [4.78, 5) is 35.6. The largest absolute Gasteiger partial charge is 0.508 e. The zero-order valence-corrected chi connectivity index (χ0v) is 17.0. The van der Waals surface area contributed by atoms with E-state index < -0.39 is 23.5 Å². The second-order valence-corrected chi connectivity index (χ2v) is 7.52. The Labute approximate surface area is 174 Å². The Balaban J connectivity index is 1.81. The normalized spacial score (nSPS) is 10.8. The van der Waals surface area contributed by atoms with E-state index in [1.807, 2.05) is 0 Å². The molecule has 9 heteroatoms. The summed E-state index contributed by atoms with van der Waals surface area (Å²) in [6, 6.07) is 10.4. The number of hydrogen-bond acceptors (Lipinski definition) is 6. The van der Waals surface area contributed by atoms with Crippen LogP contribution in [0.5, 0.6) is 11.5 Å². The molecule has 0 radical (unpaired) electrons. The number of carbonyl (C=O) groups is 3. The first kappa shape index (κ1) is 22.5. The van der Waals surface area contributed by atoms with E-state index in [1.165, 1.54) is 12.1 Å². The molecule has 0 saturated carbocycles. The summed E-state index contributed by atoms with van der Waals surface area (Å²) in [5.41, 5.74) is 0.790. The molecule has 0 spiro atoms. The van der Waals surface area contributed by atoms with Crippen LogP contribution in [0.4, 0.5) is 10.5 Å². The summed E-state index contributed by atoms with van der Waals surface area (Å²) in [7, 11) is 0. The van der Waals surface area contributed by atoms with Gasteiger partial charge in [-0.3, -0.25) is 9.59 Å². The number of carbonyl (C=O) groups excluding carboxylic acids is 3. The van der Waals surface area contributed by atoms with Crippen LogP contribution in [-0.2, 0) is 16.1 Å². The lowest BCUT2D eigenvalue weighted by atomic mass is 10.1. The van der Waals surface area contributed by atoms with Crippen LogP contribution >= 0.6 is 0 Å². The molecule has 0 aliphatic rings. The third-order valence-corrected chi connectivity index (χ3v) is 3.65. The van der Waals surface area contributed by atoms with Gasteiger partial charge in [0.2, 0.25) is 5.91 Å². The molecule has 0 bridgehead atoms. The SMILES string of the molecule is CC(C)(C)OC(=O)NCC(=O)Nc1ccc(CNC(=O)c2cc(O)cc(O)c2)cc1. The van der Waals surface area contributed by atoms with Crippen LogP contribution in [-0.4, -0.2) is 40.3 Å². The zero-order chi connectivity index (χ0) is 22.3. The first-order chi connectivity index (χ1) is 14.0. The number of aromatic hydroxyl groups is 2. The summed E-state index contributed by atoms with van der Waals surface area (Å²) in [5, 5.41) is 26.6. The minimum absolute atomic E-state index is 0.133. The number of ether oxygens (including phenoxy) is 1. The average Bonchev–Trinajstić information content (AvgIpc) is 2.63. The van der Waals surface area contributed by atoms with Crippen molar-refractivity contribution in [3.05, 3.63) is 53.6 Å². The lowest BCUT2D eigenvalue weighted by molar-refractivity contribution is -0.115. The Bertz CT molecular complexity index is 899. The highest BCUT2D eigenvalue weighted by Crippen LogP contribution is 2.20. The van der Waals surface area contributed by atoms with Crippen molar-refractivity contribution >= 4 is 23.6 Å². The van der Waals surface area contributed by atoms with Crippen LogP contribution in [0.1, 0.15) is 36.7 Å². The van der Waals surface area contributed by atoms with Crippen molar-refractivity contribution in [2.24, 2.45) is 0 Å². The summed E-state index contributed by atoms with van der Waals surface area (Å²) in [5.74, 6) is -1.28. The predicted molar refractivity (Wildman–Crippen MR) is 110 cm³/mol. The minimum atomic E-state index is -0.677. The van der Waals surface area contributed by atoms with E-state index in [0.29, 0.717) is 5.69 Å². The number of hydrogen-bond donors (Lipinski definition) is 5. The Morgan fingerprint density at radius 3 is 2.10 bits per heavy atom. The number of phenolic OH excluding ortho intramolecular Hbond substituents is 2. The van der Waals surface area contributed by atoms with Crippen LogP contribution in [0.2, 0.25) is 0 Å². The van der Waals surface area contributed by atoms with Crippen molar-refractivity contribution in [2.75, 3.05) is 11.9 Å². The molecule has 3 amide bonds. The van der Waals surface area contributed by atoms with E-state index >= 15 is 0 Å². The van der Waals surface area contributed by atoms with Gasteiger partial charge in [0.15, 0.2) is 0 Å². The maximum Gasteiger partial charge on any atom is 0.408 e. The number of benzene rings is 2. The molecule has 2 aromatic rings. The highest BCUT2D eigenvalue weighted by Gasteiger charge is 2.16. The minimum Gasteiger partial charge on any atom is -0.508 e. The van der Waals surface area contributed by atoms with Crippen LogP contribution in [0.3, 0.4) is 0 Å². The molecule has 0 atom stereocenters. The van der Waals surface area contributed by atoms with E-state index in [0.717, 1.165) is 11.6 Å². The van der Waals surface area contributed by atoms with Crippen molar-refractivity contribution in [3.8, 4) is 11.5 Å². The number of rotatable bonds is 6. The van der Waals surface area contributed by atoms with Crippen molar-refractivity contribution < 1.29 is 29.3 Å². The summed E-state index contributed by atoms with van der Waals surface area (Å²) in [6.07, 6.45) is -0.677. The number of anilines is 1. The van der Waals surface area contributed by atoms with Crippen molar-refractivity contribution in [2.45, 2.75) is 32.9 Å². The average molecular weight is 415 g/mol. The molecule has 0 aliphatic carbocycles. The van der Waals surface area contributed by atoms with Crippen LogP contribution in [0.15, 0.2) is 42.5 Å². The van der Waals surface area contributed by atoms with Gasteiger partial charge in [-0.25, -0.2) is 4.79 Å². The fraction of sp³-hybridized carbons (Fsp3) is 0.286. The van der Waals surface area contributed by atoms with Gasteiger partial charge in [0, 0.05) is 23.9 Å². The highest BCUT2D eigenvalue weighted by atomic mass is 16.6. The van der Waals surface area contributed by atoms with Gasteiger partial charge in [0.1, 0.15) is 23.6 Å². The molecular weight excluding hydrogens is 390 g/mol. The lowest BCUT2D eigenvalue weighted by Gasteiger charge is -2.19. The molecule has 2 aromatic carbocycles. The first-order valence-electron chi connectivity index (χ1n) is 9.19. The fourth-order valence-corrected chi connectivity index (χ4v) is 2.39.